The van der Waals surface area contributed by atoms with Crippen LogP contribution in [0.1, 0.15) is 46.5 Å². The van der Waals surface area contributed by atoms with Crippen LogP contribution < -0.4 is 0 Å². The van der Waals surface area contributed by atoms with E-state index in [-0.39, 0.29) is 6.10 Å². The molecule has 0 bridgehead atoms. The number of carbonyl (C=O) groups is 1. The van der Waals surface area contributed by atoms with Crippen LogP contribution in [0.15, 0.2) is 0 Å². The van der Waals surface area contributed by atoms with E-state index in [1.807, 2.05) is 0 Å². The number of ether oxygens (including phenoxy) is 1. The number of nitrogens with zero attached hydrogens (tertiary/aromatic N) is 1. The molecule has 2 rings (SSSR count). The molecule has 0 spiro atoms. The van der Waals surface area contributed by atoms with Gasteiger partial charge in [-0.2, -0.15) is 0 Å². The molecule has 0 aromatic carbocycles. The van der Waals surface area contributed by atoms with Crippen molar-refractivity contribution in [3.63, 3.8) is 0 Å². The summed E-state index contributed by atoms with van der Waals surface area (Å²) in [4.78, 5) is 14.1. The fourth-order valence-corrected chi connectivity index (χ4v) is 3.34. The zero-order chi connectivity index (χ0) is 14.0. The van der Waals surface area contributed by atoms with Gasteiger partial charge >= 0.3 is 5.97 Å². The minimum absolute atomic E-state index is 0.213. The smallest absolute Gasteiger partial charge is 0.310 e. The van der Waals surface area contributed by atoms with Gasteiger partial charge in [0, 0.05) is 19.1 Å². The summed E-state index contributed by atoms with van der Waals surface area (Å²) in [7, 11) is 0. The van der Waals surface area contributed by atoms with Crippen molar-refractivity contribution in [3.05, 3.63) is 0 Å². The van der Waals surface area contributed by atoms with Crippen LogP contribution in [0.25, 0.3) is 0 Å². The Hall–Kier alpha value is -0.610. The summed E-state index contributed by atoms with van der Waals surface area (Å²) in [6.45, 7) is 8.68. The zero-order valence-electron chi connectivity index (χ0n) is 12.4. The summed E-state index contributed by atoms with van der Waals surface area (Å²) < 4.78 is 5.63. The second-order valence-corrected chi connectivity index (χ2v) is 6.69. The molecule has 0 aromatic rings. The summed E-state index contributed by atoms with van der Waals surface area (Å²) >= 11 is 0. The summed E-state index contributed by atoms with van der Waals surface area (Å²) in [6.07, 6.45) is 3.94. The van der Waals surface area contributed by atoms with Crippen molar-refractivity contribution in [1.82, 2.24) is 4.90 Å². The molecule has 2 atom stereocenters. The number of morpholine rings is 1. The third kappa shape index (κ3) is 3.29. The lowest BCUT2D eigenvalue weighted by Crippen LogP contribution is -2.54. The predicted molar refractivity (Wildman–Crippen MR) is 74.1 cm³/mol. The highest BCUT2D eigenvalue weighted by Crippen LogP contribution is 2.40. The molecule has 2 aliphatic rings. The van der Waals surface area contributed by atoms with Gasteiger partial charge in [-0.3, -0.25) is 9.69 Å². The average Bonchev–Trinajstić information content (AvgIpc) is 2.36. The first-order chi connectivity index (χ1) is 8.93. The Morgan fingerprint density at radius 3 is 2.53 bits per heavy atom. The SMILES string of the molecule is CC1CCC(CN2CC(C)OCC2C)(C(=O)O)CC1. The number of hydrogen-bond donors (Lipinski definition) is 1. The van der Waals surface area contributed by atoms with Gasteiger partial charge in [0.05, 0.1) is 18.1 Å². The van der Waals surface area contributed by atoms with Gasteiger partial charge in [-0.05, 0) is 45.4 Å². The van der Waals surface area contributed by atoms with Crippen molar-refractivity contribution in [2.45, 2.75) is 58.6 Å². The second-order valence-electron chi connectivity index (χ2n) is 6.69. The molecule has 19 heavy (non-hydrogen) atoms. The van der Waals surface area contributed by atoms with Crippen LogP contribution >= 0.6 is 0 Å². The minimum Gasteiger partial charge on any atom is -0.481 e. The summed E-state index contributed by atoms with van der Waals surface area (Å²) in [6, 6.07) is 0.326. The summed E-state index contributed by atoms with van der Waals surface area (Å²) in [5.41, 5.74) is -0.530. The van der Waals surface area contributed by atoms with Crippen molar-refractivity contribution >= 4 is 5.97 Å². The Labute approximate surface area is 116 Å². The molecule has 2 unspecified atom stereocenters. The van der Waals surface area contributed by atoms with Crippen LogP contribution in [-0.2, 0) is 9.53 Å². The molecule has 110 valence electrons. The standard InChI is InChI=1S/C15H27NO3/c1-11-4-6-15(7-5-11,14(17)18)10-16-8-13(3)19-9-12(16)2/h11-13H,4-10H2,1-3H3,(H,17,18). The maximum absolute atomic E-state index is 11.8. The Balaban J connectivity index is 2.06. The van der Waals surface area contributed by atoms with E-state index in [1.165, 1.54) is 0 Å². The number of carboxylic acids is 1. The molecular weight excluding hydrogens is 242 g/mol. The van der Waals surface area contributed by atoms with E-state index in [2.05, 4.69) is 25.7 Å². The molecule has 1 saturated heterocycles. The van der Waals surface area contributed by atoms with E-state index >= 15 is 0 Å². The highest BCUT2D eigenvalue weighted by atomic mass is 16.5. The van der Waals surface area contributed by atoms with Gasteiger partial charge in [0.25, 0.3) is 0 Å². The minimum atomic E-state index is -0.606. The number of aliphatic carboxylic acids is 1. The fraction of sp³-hybridized carbons (Fsp3) is 0.933. The summed E-state index contributed by atoms with van der Waals surface area (Å²) in [5, 5.41) is 9.70. The van der Waals surface area contributed by atoms with E-state index < -0.39 is 11.4 Å². The maximum Gasteiger partial charge on any atom is 0.310 e. The van der Waals surface area contributed by atoms with Gasteiger partial charge < -0.3 is 9.84 Å². The number of carboxylic acid groups (broad SMARTS) is 1. The van der Waals surface area contributed by atoms with Gasteiger partial charge in [0.15, 0.2) is 0 Å². The molecule has 0 aromatic heterocycles. The molecular formula is C15H27NO3. The molecule has 1 aliphatic heterocycles. The van der Waals surface area contributed by atoms with E-state index in [0.29, 0.717) is 25.1 Å². The Bertz CT molecular complexity index is 323. The zero-order valence-corrected chi connectivity index (χ0v) is 12.4. The summed E-state index contributed by atoms with van der Waals surface area (Å²) in [5.74, 6) is 0.0688. The predicted octanol–water partition coefficient (Wildman–Crippen LogP) is 2.38. The topological polar surface area (TPSA) is 49.8 Å². The van der Waals surface area contributed by atoms with Gasteiger partial charge in [0.1, 0.15) is 0 Å². The van der Waals surface area contributed by atoms with E-state index in [0.717, 1.165) is 32.2 Å². The van der Waals surface area contributed by atoms with E-state index in [1.54, 1.807) is 0 Å². The number of rotatable bonds is 3. The molecule has 4 heteroatoms. The molecule has 1 saturated carbocycles. The van der Waals surface area contributed by atoms with Crippen LogP contribution in [0, 0.1) is 11.3 Å². The van der Waals surface area contributed by atoms with Crippen LogP contribution in [-0.4, -0.2) is 47.8 Å². The molecule has 1 heterocycles. The molecule has 1 N–H and O–H groups in total. The highest BCUT2D eigenvalue weighted by molar-refractivity contribution is 5.75. The van der Waals surface area contributed by atoms with Crippen molar-refractivity contribution in [1.29, 1.82) is 0 Å². The van der Waals surface area contributed by atoms with Gasteiger partial charge in [-0.1, -0.05) is 6.92 Å². The van der Waals surface area contributed by atoms with Crippen molar-refractivity contribution < 1.29 is 14.6 Å². The Morgan fingerprint density at radius 1 is 1.32 bits per heavy atom. The van der Waals surface area contributed by atoms with Gasteiger partial charge in [-0.15, -0.1) is 0 Å². The first kappa shape index (κ1) is 14.8. The maximum atomic E-state index is 11.8. The number of hydrogen-bond acceptors (Lipinski definition) is 3. The lowest BCUT2D eigenvalue weighted by atomic mass is 9.70. The van der Waals surface area contributed by atoms with Crippen LogP contribution in [0.5, 0.6) is 0 Å². The normalized spacial score (nSPS) is 41.1. The van der Waals surface area contributed by atoms with E-state index in [9.17, 15) is 9.90 Å². The van der Waals surface area contributed by atoms with Gasteiger partial charge in [-0.25, -0.2) is 0 Å². The van der Waals surface area contributed by atoms with Crippen LogP contribution in [0.4, 0.5) is 0 Å². The first-order valence-corrected chi connectivity index (χ1v) is 7.52. The monoisotopic (exact) mass is 269 g/mol. The Morgan fingerprint density at radius 2 is 1.95 bits per heavy atom. The lowest BCUT2D eigenvalue weighted by Gasteiger charge is -2.44. The Kier molecular flexibility index (Phi) is 4.51. The van der Waals surface area contributed by atoms with Crippen molar-refractivity contribution in [3.8, 4) is 0 Å². The fourth-order valence-electron chi connectivity index (χ4n) is 3.34. The molecule has 4 nitrogen and oxygen atoms in total. The quantitative estimate of drug-likeness (QED) is 0.854. The van der Waals surface area contributed by atoms with E-state index in [4.69, 9.17) is 4.74 Å². The van der Waals surface area contributed by atoms with Crippen LogP contribution in [0.3, 0.4) is 0 Å². The van der Waals surface area contributed by atoms with Crippen molar-refractivity contribution in [2.24, 2.45) is 11.3 Å². The third-order valence-corrected chi connectivity index (χ3v) is 4.93. The second kappa shape index (κ2) is 5.80. The molecule has 0 amide bonds. The molecule has 1 aliphatic carbocycles. The highest BCUT2D eigenvalue weighted by Gasteiger charge is 2.43. The van der Waals surface area contributed by atoms with Crippen molar-refractivity contribution in [2.75, 3.05) is 19.7 Å². The average molecular weight is 269 g/mol. The van der Waals surface area contributed by atoms with Gasteiger partial charge in [0.2, 0.25) is 0 Å². The molecule has 2 fully saturated rings. The first-order valence-electron chi connectivity index (χ1n) is 7.52. The molecule has 0 radical (unpaired) electrons. The lowest BCUT2D eigenvalue weighted by molar-refractivity contribution is -0.156. The third-order valence-electron chi connectivity index (χ3n) is 4.93. The largest absolute Gasteiger partial charge is 0.481 e. The van der Waals surface area contributed by atoms with Crippen LogP contribution in [0.2, 0.25) is 0 Å².